The summed E-state index contributed by atoms with van der Waals surface area (Å²) in [6, 6.07) is 6.43. The summed E-state index contributed by atoms with van der Waals surface area (Å²) in [5.41, 5.74) is 4.83. The van der Waals surface area contributed by atoms with Crippen molar-refractivity contribution < 1.29 is 4.39 Å². The van der Waals surface area contributed by atoms with Crippen molar-refractivity contribution >= 4 is 0 Å². The Balaban J connectivity index is 2.37. The molecule has 92 valence electrons. The maximum Gasteiger partial charge on any atom is 0.124 e. The Morgan fingerprint density at radius 3 is 2.50 bits per heavy atom. The van der Waals surface area contributed by atoms with Gasteiger partial charge >= 0.3 is 0 Å². The third-order valence-corrected chi connectivity index (χ3v) is 3.35. The van der Waals surface area contributed by atoms with E-state index in [-0.39, 0.29) is 5.82 Å². The van der Waals surface area contributed by atoms with Crippen molar-refractivity contribution in [2.45, 2.75) is 27.3 Å². The lowest BCUT2D eigenvalue weighted by Crippen LogP contribution is -2.01. The molecule has 2 nitrogen and oxygen atoms in total. The van der Waals surface area contributed by atoms with Crippen molar-refractivity contribution in [3.05, 3.63) is 58.2 Å². The number of rotatable bonds is 2. The summed E-state index contributed by atoms with van der Waals surface area (Å²) in [4.78, 5) is 0. The van der Waals surface area contributed by atoms with Crippen LogP contribution in [0.1, 0.15) is 27.9 Å². The predicted octanol–water partition coefficient (Wildman–Crippen LogP) is 3.47. The predicted molar refractivity (Wildman–Crippen MR) is 68.9 cm³/mol. The van der Waals surface area contributed by atoms with Gasteiger partial charge in [0.05, 0.1) is 11.6 Å². The summed E-state index contributed by atoms with van der Waals surface area (Å²) in [6.45, 7) is 6.78. The first kappa shape index (κ1) is 12.4. The lowest BCUT2D eigenvalue weighted by Gasteiger charge is -2.07. The van der Waals surface area contributed by atoms with Crippen molar-refractivity contribution in [3.8, 4) is 6.07 Å². The first-order valence-corrected chi connectivity index (χ1v) is 5.83. The van der Waals surface area contributed by atoms with E-state index < -0.39 is 0 Å². The van der Waals surface area contributed by atoms with Crippen molar-refractivity contribution in [1.82, 2.24) is 4.57 Å². The average Bonchev–Trinajstić information content (AvgIpc) is 2.56. The van der Waals surface area contributed by atoms with Gasteiger partial charge in [0.1, 0.15) is 5.82 Å². The van der Waals surface area contributed by atoms with Crippen LogP contribution in [0.15, 0.2) is 24.4 Å². The Morgan fingerprint density at radius 1 is 1.22 bits per heavy atom. The van der Waals surface area contributed by atoms with E-state index in [0.717, 1.165) is 5.56 Å². The standard InChI is InChI=1S/C15H15FN2/c1-10-8-18(12(3)11(10)2)9-14-4-13(7-17)5-15(16)6-14/h4-6,8H,9H2,1-3H3. The minimum absolute atomic E-state index is 0.359. The van der Waals surface area contributed by atoms with Crippen LogP contribution < -0.4 is 0 Å². The van der Waals surface area contributed by atoms with Crippen LogP contribution in [0.3, 0.4) is 0 Å². The van der Waals surface area contributed by atoms with Gasteiger partial charge in [0.15, 0.2) is 0 Å². The van der Waals surface area contributed by atoms with Gasteiger partial charge in [-0.25, -0.2) is 4.39 Å². The van der Waals surface area contributed by atoms with Crippen LogP contribution in [0.2, 0.25) is 0 Å². The molecule has 0 saturated carbocycles. The van der Waals surface area contributed by atoms with Crippen LogP contribution >= 0.6 is 0 Å². The molecule has 0 unspecified atom stereocenters. The summed E-state index contributed by atoms with van der Waals surface area (Å²) < 4.78 is 15.4. The molecule has 1 aromatic heterocycles. The van der Waals surface area contributed by atoms with Crippen molar-refractivity contribution in [2.75, 3.05) is 0 Å². The van der Waals surface area contributed by atoms with Crippen LogP contribution in [-0.4, -0.2) is 4.57 Å². The fraction of sp³-hybridized carbons (Fsp3) is 0.267. The molecule has 0 atom stereocenters. The van der Waals surface area contributed by atoms with Crippen LogP contribution in [0.4, 0.5) is 4.39 Å². The molecule has 0 aliphatic heterocycles. The van der Waals surface area contributed by atoms with Crippen molar-refractivity contribution in [2.24, 2.45) is 0 Å². The zero-order valence-electron chi connectivity index (χ0n) is 10.8. The Morgan fingerprint density at radius 2 is 1.94 bits per heavy atom. The summed E-state index contributed by atoms with van der Waals surface area (Å²) in [5, 5.41) is 8.83. The van der Waals surface area contributed by atoms with E-state index >= 15 is 0 Å². The van der Waals surface area contributed by atoms with Gasteiger partial charge < -0.3 is 4.57 Å². The van der Waals surface area contributed by atoms with Crippen LogP contribution in [0.25, 0.3) is 0 Å². The number of hydrogen-bond acceptors (Lipinski definition) is 1. The molecule has 0 aliphatic carbocycles. The average molecular weight is 242 g/mol. The lowest BCUT2D eigenvalue weighted by atomic mass is 10.1. The maximum atomic E-state index is 13.3. The molecule has 18 heavy (non-hydrogen) atoms. The Kier molecular flexibility index (Phi) is 3.20. The summed E-state index contributed by atoms with van der Waals surface area (Å²) in [7, 11) is 0. The number of nitriles is 1. The minimum Gasteiger partial charge on any atom is -0.347 e. The molecule has 0 N–H and O–H groups in total. The molecule has 3 heteroatoms. The zero-order valence-corrected chi connectivity index (χ0v) is 10.8. The van der Waals surface area contributed by atoms with E-state index in [9.17, 15) is 4.39 Å². The molecular formula is C15H15FN2. The van der Waals surface area contributed by atoms with Gasteiger partial charge in [0.2, 0.25) is 0 Å². The van der Waals surface area contributed by atoms with Gasteiger partial charge in [-0.1, -0.05) is 0 Å². The second kappa shape index (κ2) is 4.66. The minimum atomic E-state index is -0.359. The van der Waals surface area contributed by atoms with Crippen molar-refractivity contribution in [3.63, 3.8) is 0 Å². The highest BCUT2D eigenvalue weighted by molar-refractivity contribution is 5.35. The lowest BCUT2D eigenvalue weighted by molar-refractivity contribution is 0.622. The third kappa shape index (κ3) is 2.28. The van der Waals surface area contributed by atoms with E-state index in [1.807, 2.05) is 13.0 Å². The van der Waals surface area contributed by atoms with Gasteiger partial charge in [-0.05, 0) is 55.7 Å². The number of hydrogen-bond donors (Lipinski definition) is 0. The van der Waals surface area contributed by atoms with Gasteiger partial charge in [0, 0.05) is 18.4 Å². The maximum absolute atomic E-state index is 13.3. The van der Waals surface area contributed by atoms with Gasteiger partial charge in [-0.2, -0.15) is 5.26 Å². The third-order valence-electron chi connectivity index (χ3n) is 3.35. The monoisotopic (exact) mass is 242 g/mol. The van der Waals surface area contributed by atoms with Crippen LogP contribution in [0.5, 0.6) is 0 Å². The molecule has 0 fully saturated rings. The Labute approximate surface area is 106 Å². The highest BCUT2D eigenvalue weighted by atomic mass is 19.1. The second-order valence-electron chi connectivity index (χ2n) is 4.61. The molecule has 0 aliphatic rings. The molecule has 0 spiro atoms. The molecule has 1 aromatic carbocycles. The number of nitrogens with zero attached hydrogens (tertiary/aromatic N) is 2. The second-order valence-corrected chi connectivity index (χ2v) is 4.61. The number of aryl methyl sites for hydroxylation is 1. The van der Waals surface area contributed by atoms with Crippen LogP contribution in [-0.2, 0) is 6.54 Å². The summed E-state index contributed by atoms with van der Waals surface area (Å²) >= 11 is 0. The normalized spacial score (nSPS) is 10.4. The largest absolute Gasteiger partial charge is 0.347 e. The first-order valence-electron chi connectivity index (χ1n) is 5.83. The SMILES string of the molecule is Cc1cn(Cc2cc(F)cc(C#N)c2)c(C)c1C. The molecule has 2 rings (SSSR count). The van der Waals surface area contributed by atoms with Crippen molar-refractivity contribution in [1.29, 1.82) is 5.26 Å². The highest BCUT2D eigenvalue weighted by Crippen LogP contribution is 2.17. The Hall–Kier alpha value is -2.08. The van der Waals surface area contributed by atoms with Gasteiger partial charge in [0.25, 0.3) is 0 Å². The highest BCUT2D eigenvalue weighted by Gasteiger charge is 2.07. The summed E-state index contributed by atoms with van der Waals surface area (Å²) in [5.74, 6) is -0.359. The van der Waals surface area contributed by atoms with Crippen LogP contribution in [0, 0.1) is 37.9 Å². The smallest absolute Gasteiger partial charge is 0.124 e. The molecule has 1 heterocycles. The molecule has 0 radical (unpaired) electrons. The quantitative estimate of drug-likeness (QED) is 0.792. The number of benzene rings is 1. The Bertz CT molecular complexity index is 633. The van der Waals surface area contributed by atoms with Gasteiger partial charge in [-0.3, -0.25) is 0 Å². The topological polar surface area (TPSA) is 28.7 Å². The van der Waals surface area contributed by atoms with Gasteiger partial charge in [-0.15, -0.1) is 0 Å². The molecule has 0 bridgehead atoms. The molecule has 0 amide bonds. The fourth-order valence-electron chi connectivity index (χ4n) is 2.10. The number of halogens is 1. The molecule has 0 saturated heterocycles. The van der Waals surface area contributed by atoms with E-state index in [1.165, 1.54) is 29.0 Å². The fourth-order valence-corrected chi connectivity index (χ4v) is 2.10. The summed E-state index contributed by atoms with van der Waals surface area (Å²) in [6.07, 6.45) is 2.06. The number of aromatic nitrogens is 1. The van der Waals surface area contributed by atoms with E-state index in [1.54, 1.807) is 6.07 Å². The van der Waals surface area contributed by atoms with E-state index in [2.05, 4.69) is 24.6 Å². The zero-order chi connectivity index (χ0) is 13.3. The first-order chi connectivity index (χ1) is 8.51. The van der Waals surface area contributed by atoms with E-state index in [0.29, 0.717) is 12.1 Å². The molecular weight excluding hydrogens is 227 g/mol. The van der Waals surface area contributed by atoms with E-state index in [4.69, 9.17) is 5.26 Å². The molecule has 2 aromatic rings.